The molecule has 0 amide bonds. The summed E-state index contributed by atoms with van der Waals surface area (Å²) in [6.45, 7) is 4.64. The van der Waals surface area contributed by atoms with Crippen LogP contribution in [0.5, 0.6) is 0 Å². The Kier molecular flexibility index (Phi) is 5.19. The van der Waals surface area contributed by atoms with Crippen LogP contribution < -0.4 is 5.32 Å². The Labute approximate surface area is 224 Å². The van der Waals surface area contributed by atoms with Crippen LogP contribution in [-0.4, -0.2) is 0 Å². The largest absolute Gasteiger partial charge is 0.355 e. The minimum Gasteiger partial charge on any atom is -0.355 e. The summed E-state index contributed by atoms with van der Waals surface area (Å²) < 4.78 is 0. The second-order valence-corrected chi connectivity index (χ2v) is 10.7. The number of para-hydroxylation sites is 1. The third-order valence-electron chi connectivity index (χ3n) is 8.06. The van der Waals surface area contributed by atoms with E-state index in [0.717, 1.165) is 11.4 Å². The second kappa shape index (κ2) is 8.75. The molecular weight excluding hydrogens is 458 g/mol. The van der Waals surface area contributed by atoms with Crippen LogP contribution >= 0.6 is 0 Å². The van der Waals surface area contributed by atoms with E-state index in [0.29, 0.717) is 0 Å². The molecular formula is C37H29N. The van der Waals surface area contributed by atoms with Crippen molar-refractivity contribution < 1.29 is 0 Å². The normalized spacial score (nSPS) is 13.2. The van der Waals surface area contributed by atoms with Gasteiger partial charge in [-0.2, -0.15) is 0 Å². The molecule has 1 aliphatic rings. The number of fused-ring (bicyclic) bond motifs is 4. The van der Waals surface area contributed by atoms with E-state index >= 15 is 0 Å². The summed E-state index contributed by atoms with van der Waals surface area (Å²) in [6, 6.07) is 48.3. The van der Waals surface area contributed by atoms with E-state index in [-0.39, 0.29) is 5.41 Å². The summed E-state index contributed by atoms with van der Waals surface area (Å²) in [7, 11) is 0. The molecule has 0 saturated heterocycles. The van der Waals surface area contributed by atoms with Crippen molar-refractivity contribution in [1.29, 1.82) is 0 Å². The number of benzene rings is 6. The predicted molar refractivity (Wildman–Crippen MR) is 162 cm³/mol. The van der Waals surface area contributed by atoms with E-state index in [9.17, 15) is 0 Å². The summed E-state index contributed by atoms with van der Waals surface area (Å²) >= 11 is 0. The van der Waals surface area contributed by atoms with Crippen molar-refractivity contribution in [2.45, 2.75) is 19.3 Å². The minimum absolute atomic E-state index is 0.0183. The van der Waals surface area contributed by atoms with E-state index in [1.165, 1.54) is 55.3 Å². The van der Waals surface area contributed by atoms with Gasteiger partial charge in [0.15, 0.2) is 0 Å². The van der Waals surface area contributed by atoms with Crippen LogP contribution in [-0.2, 0) is 5.41 Å². The fourth-order valence-electron chi connectivity index (χ4n) is 6.13. The Bertz CT molecular complexity index is 1820. The standard InChI is InChI=1S/C37H29N/c1-37(2)34-19-7-5-17-32(34)33-24-28(21-22-35(33)37)38-36-20-8-6-16-31(36)27-14-9-13-26(23-27)30-18-10-12-25-11-3-4-15-29(25)30/h3-24,38H,1-2H3. The van der Waals surface area contributed by atoms with Gasteiger partial charge < -0.3 is 5.32 Å². The van der Waals surface area contributed by atoms with Crippen LogP contribution in [0.4, 0.5) is 11.4 Å². The van der Waals surface area contributed by atoms with Gasteiger partial charge in [0.2, 0.25) is 0 Å². The zero-order chi connectivity index (χ0) is 25.7. The van der Waals surface area contributed by atoms with Crippen molar-refractivity contribution in [2.75, 3.05) is 5.32 Å². The van der Waals surface area contributed by atoms with Crippen LogP contribution in [0.3, 0.4) is 0 Å². The summed E-state index contributed by atoms with van der Waals surface area (Å²) in [4.78, 5) is 0. The van der Waals surface area contributed by atoms with Crippen LogP contribution in [0, 0.1) is 0 Å². The van der Waals surface area contributed by atoms with Crippen molar-refractivity contribution in [3.8, 4) is 33.4 Å². The van der Waals surface area contributed by atoms with Gasteiger partial charge in [0, 0.05) is 22.4 Å². The molecule has 0 aliphatic heterocycles. The van der Waals surface area contributed by atoms with Crippen molar-refractivity contribution in [1.82, 2.24) is 0 Å². The van der Waals surface area contributed by atoms with Gasteiger partial charge in [0.05, 0.1) is 0 Å². The van der Waals surface area contributed by atoms with Crippen LogP contribution in [0.1, 0.15) is 25.0 Å². The highest BCUT2D eigenvalue weighted by molar-refractivity contribution is 5.97. The molecule has 0 fully saturated rings. The molecule has 182 valence electrons. The first kappa shape index (κ1) is 22.6. The lowest BCUT2D eigenvalue weighted by molar-refractivity contribution is 0.660. The number of hydrogen-bond acceptors (Lipinski definition) is 1. The summed E-state index contributed by atoms with van der Waals surface area (Å²) in [5.41, 5.74) is 12.6. The van der Waals surface area contributed by atoms with Gasteiger partial charge in [-0.05, 0) is 74.0 Å². The molecule has 0 saturated carbocycles. The fourth-order valence-corrected chi connectivity index (χ4v) is 6.13. The van der Waals surface area contributed by atoms with Crippen molar-refractivity contribution in [3.05, 3.63) is 145 Å². The molecule has 1 nitrogen and oxygen atoms in total. The quantitative estimate of drug-likeness (QED) is 0.261. The van der Waals surface area contributed by atoms with Gasteiger partial charge in [-0.3, -0.25) is 0 Å². The minimum atomic E-state index is 0.0183. The van der Waals surface area contributed by atoms with Gasteiger partial charge in [0.1, 0.15) is 0 Å². The predicted octanol–water partition coefficient (Wildman–Crippen LogP) is 10.2. The molecule has 1 aliphatic carbocycles. The highest BCUT2D eigenvalue weighted by Crippen LogP contribution is 2.49. The lowest BCUT2D eigenvalue weighted by Crippen LogP contribution is -2.14. The van der Waals surface area contributed by atoms with E-state index < -0.39 is 0 Å². The summed E-state index contributed by atoms with van der Waals surface area (Å²) in [5.74, 6) is 0. The van der Waals surface area contributed by atoms with Crippen molar-refractivity contribution in [3.63, 3.8) is 0 Å². The molecule has 0 aromatic heterocycles. The van der Waals surface area contributed by atoms with Crippen LogP contribution in [0.15, 0.2) is 133 Å². The lowest BCUT2D eigenvalue weighted by atomic mass is 9.82. The molecule has 1 heteroatoms. The Hall–Kier alpha value is -4.62. The van der Waals surface area contributed by atoms with Crippen molar-refractivity contribution in [2.24, 2.45) is 0 Å². The molecule has 0 atom stereocenters. The Morgan fingerprint density at radius 2 is 1.11 bits per heavy atom. The highest BCUT2D eigenvalue weighted by atomic mass is 14.9. The van der Waals surface area contributed by atoms with Gasteiger partial charge in [-0.25, -0.2) is 0 Å². The van der Waals surface area contributed by atoms with Crippen LogP contribution in [0.2, 0.25) is 0 Å². The lowest BCUT2D eigenvalue weighted by Gasteiger charge is -2.21. The number of hydrogen-bond donors (Lipinski definition) is 1. The van der Waals surface area contributed by atoms with E-state index in [4.69, 9.17) is 0 Å². The maximum Gasteiger partial charge on any atom is 0.0463 e. The monoisotopic (exact) mass is 487 g/mol. The first-order valence-electron chi connectivity index (χ1n) is 13.3. The fraction of sp³-hybridized carbons (Fsp3) is 0.0811. The van der Waals surface area contributed by atoms with Gasteiger partial charge >= 0.3 is 0 Å². The molecule has 1 N–H and O–H groups in total. The van der Waals surface area contributed by atoms with Crippen LogP contribution in [0.25, 0.3) is 44.2 Å². The third-order valence-corrected chi connectivity index (χ3v) is 8.06. The topological polar surface area (TPSA) is 12.0 Å². The number of anilines is 2. The maximum atomic E-state index is 3.75. The Balaban J connectivity index is 1.28. The molecule has 0 heterocycles. The van der Waals surface area contributed by atoms with E-state index in [1.807, 2.05) is 0 Å². The zero-order valence-electron chi connectivity index (χ0n) is 21.7. The molecule has 6 aromatic rings. The average molecular weight is 488 g/mol. The first-order valence-corrected chi connectivity index (χ1v) is 13.3. The molecule has 0 spiro atoms. The molecule has 6 aromatic carbocycles. The maximum absolute atomic E-state index is 3.75. The summed E-state index contributed by atoms with van der Waals surface area (Å²) in [6.07, 6.45) is 0. The smallest absolute Gasteiger partial charge is 0.0463 e. The van der Waals surface area contributed by atoms with Crippen molar-refractivity contribution >= 4 is 22.1 Å². The zero-order valence-corrected chi connectivity index (χ0v) is 21.7. The average Bonchev–Trinajstić information content (AvgIpc) is 3.19. The third kappa shape index (κ3) is 3.63. The number of nitrogens with one attached hydrogen (secondary N) is 1. The van der Waals surface area contributed by atoms with E-state index in [2.05, 4.69) is 153 Å². The molecule has 0 radical (unpaired) electrons. The number of rotatable bonds is 4. The SMILES string of the molecule is CC1(C)c2ccccc2-c2cc(Nc3ccccc3-c3cccc(-c4cccc5ccccc45)c3)ccc21. The molecule has 0 bridgehead atoms. The molecule has 0 unspecified atom stereocenters. The molecule has 7 rings (SSSR count). The Morgan fingerprint density at radius 1 is 0.474 bits per heavy atom. The van der Waals surface area contributed by atoms with Gasteiger partial charge in [-0.15, -0.1) is 0 Å². The van der Waals surface area contributed by atoms with Gasteiger partial charge in [-0.1, -0.05) is 123 Å². The second-order valence-electron chi connectivity index (χ2n) is 10.7. The summed E-state index contributed by atoms with van der Waals surface area (Å²) in [5, 5.41) is 6.29. The Morgan fingerprint density at radius 3 is 2.00 bits per heavy atom. The highest BCUT2D eigenvalue weighted by Gasteiger charge is 2.35. The first-order chi connectivity index (χ1) is 18.6. The van der Waals surface area contributed by atoms with E-state index in [1.54, 1.807) is 0 Å². The molecule has 38 heavy (non-hydrogen) atoms. The van der Waals surface area contributed by atoms with Gasteiger partial charge in [0.25, 0.3) is 0 Å².